The predicted octanol–water partition coefficient (Wildman–Crippen LogP) is 1.20. The largest absolute Gasteiger partial charge is 0.256 e. The second-order valence-electron chi connectivity index (χ2n) is 3.17. The molecule has 0 fully saturated rings. The maximum Gasteiger partial charge on any atom is 0.239 e. The summed E-state index contributed by atoms with van der Waals surface area (Å²) in [6, 6.07) is 12.7. The Labute approximate surface area is 93.8 Å². The van der Waals surface area contributed by atoms with E-state index in [9.17, 15) is 8.42 Å². The highest BCUT2D eigenvalue weighted by atomic mass is 32.2. The van der Waals surface area contributed by atoms with Crippen LogP contribution < -0.4 is 5.14 Å². The minimum atomic E-state index is -3.78. The molecule has 0 saturated carbocycles. The quantitative estimate of drug-likeness (QED) is 0.846. The molecule has 2 N–H and O–H groups in total. The molecule has 2 rings (SSSR count). The number of pyridine rings is 1. The maximum atomic E-state index is 11.3. The minimum absolute atomic E-state index is 0.0336. The summed E-state index contributed by atoms with van der Waals surface area (Å²) in [5.41, 5.74) is 1.02. The first kappa shape index (κ1) is 10.8. The SMILES string of the molecule is NS(=O)(=O)c1[c]cccc1-c1ccccn1. The van der Waals surface area contributed by atoms with Crippen molar-refractivity contribution in [1.82, 2.24) is 4.98 Å². The van der Waals surface area contributed by atoms with Crippen molar-refractivity contribution in [1.29, 1.82) is 0 Å². The second-order valence-corrected chi connectivity index (χ2v) is 4.67. The van der Waals surface area contributed by atoms with Gasteiger partial charge in [-0.15, -0.1) is 0 Å². The number of hydrogen-bond donors (Lipinski definition) is 1. The molecule has 0 aliphatic rings. The number of nitrogens with two attached hydrogens (primary N) is 1. The summed E-state index contributed by atoms with van der Waals surface area (Å²) in [5, 5.41) is 5.11. The molecule has 1 heterocycles. The van der Waals surface area contributed by atoms with Crippen molar-refractivity contribution in [3.63, 3.8) is 0 Å². The summed E-state index contributed by atoms with van der Waals surface area (Å²) in [7, 11) is -3.78. The Bertz CT molecular complexity index is 594. The Morgan fingerprint density at radius 1 is 1.19 bits per heavy atom. The molecular formula is C11H9N2O2S. The molecule has 0 spiro atoms. The van der Waals surface area contributed by atoms with Crippen LogP contribution in [0.2, 0.25) is 0 Å². The number of hydrogen-bond acceptors (Lipinski definition) is 3. The molecule has 0 atom stereocenters. The van der Waals surface area contributed by atoms with Gasteiger partial charge in [0.15, 0.2) is 0 Å². The van der Waals surface area contributed by atoms with Crippen LogP contribution >= 0.6 is 0 Å². The fourth-order valence-corrected chi connectivity index (χ4v) is 2.09. The fraction of sp³-hybridized carbons (Fsp3) is 0. The van der Waals surface area contributed by atoms with Crippen LogP contribution in [0, 0.1) is 6.07 Å². The standard InChI is InChI=1S/C11H9N2O2S/c12-16(14,15)11-7-2-1-5-9(11)10-6-3-4-8-13-10/h1-6,8H,(H2,12,14,15). The average molecular weight is 233 g/mol. The number of nitrogens with zero attached hydrogens (tertiary/aromatic N) is 1. The summed E-state index contributed by atoms with van der Waals surface area (Å²) < 4.78 is 22.7. The van der Waals surface area contributed by atoms with Crippen LogP contribution in [-0.2, 0) is 10.0 Å². The van der Waals surface area contributed by atoms with E-state index in [0.717, 1.165) is 0 Å². The Balaban J connectivity index is 2.68. The molecule has 0 aliphatic heterocycles. The van der Waals surface area contributed by atoms with Crippen LogP contribution in [-0.4, -0.2) is 13.4 Å². The average Bonchev–Trinajstić information content (AvgIpc) is 2.29. The van der Waals surface area contributed by atoms with Crippen molar-refractivity contribution in [3.05, 3.63) is 48.7 Å². The third-order valence-electron chi connectivity index (χ3n) is 2.04. The van der Waals surface area contributed by atoms with E-state index in [1.165, 1.54) is 6.07 Å². The fourth-order valence-electron chi connectivity index (χ4n) is 1.38. The van der Waals surface area contributed by atoms with Crippen LogP contribution in [0.3, 0.4) is 0 Å². The number of primary sulfonamides is 1. The number of rotatable bonds is 2. The summed E-state index contributed by atoms with van der Waals surface area (Å²) in [6.07, 6.45) is 1.59. The summed E-state index contributed by atoms with van der Waals surface area (Å²) in [5.74, 6) is 0. The van der Waals surface area contributed by atoms with Crippen molar-refractivity contribution < 1.29 is 8.42 Å². The molecule has 0 aliphatic carbocycles. The predicted molar refractivity (Wildman–Crippen MR) is 59.9 cm³/mol. The zero-order chi connectivity index (χ0) is 11.6. The first-order valence-electron chi connectivity index (χ1n) is 4.54. The van der Waals surface area contributed by atoms with Gasteiger partial charge in [-0.3, -0.25) is 4.98 Å². The van der Waals surface area contributed by atoms with Crippen molar-refractivity contribution in [2.75, 3.05) is 0 Å². The van der Waals surface area contributed by atoms with Gasteiger partial charge in [0, 0.05) is 17.8 Å². The van der Waals surface area contributed by atoms with Crippen molar-refractivity contribution in [2.24, 2.45) is 5.14 Å². The smallest absolute Gasteiger partial charge is 0.239 e. The van der Waals surface area contributed by atoms with Gasteiger partial charge < -0.3 is 0 Å². The first-order chi connectivity index (χ1) is 7.59. The highest BCUT2D eigenvalue weighted by Crippen LogP contribution is 2.23. The van der Waals surface area contributed by atoms with E-state index in [4.69, 9.17) is 5.14 Å². The highest BCUT2D eigenvalue weighted by molar-refractivity contribution is 7.89. The van der Waals surface area contributed by atoms with Gasteiger partial charge in [0.2, 0.25) is 10.0 Å². The zero-order valence-corrected chi connectivity index (χ0v) is 9.11. The third-order valence-corrected chi connectivity index (χ3v) is 2.95. The van der Waals surface area contributed by atoms with Gasteiger partial charge in [-0.25, -0.2) is 13.6 Å². The molecule has 0 amide bonds. The third kappa shape index (κ3) is 2.10. The molecule has 2 aromatic rings. The molecule has 1 aromatic heterocycles. The minimum Gasteiger partial charge on any atom is -0.256 e. The van der Waals surface area contributed by atoms with Gasteiger partial charge in [0.1, 0.15) is 0 Å². The van der Waals surface area contributed by atoms with E-state index in [0.29, 0.717) is 11.3 Å². The lowest BCUT2D eigenvalue weighted by Gasteiger charge is -2.05. The Kier molecular flexibility index (Phi) is 2.72. The molecule has 5 heteroatoms. The first-order valence-corrected chi connectivity index (χ1v) is 6.08. The molecule has 4 nitrogen and oxygen atoms in total. The lowest BCUT2D eigenvalue weighted by Crippen LogP contribution is -2.13. The zero-order valence-electron chi connectivity index (χ0n) is 8.29. The van der Waals surface area contributed by atoms with Crippen LogP contribution in [0.1, 0.15) is 0 Å². The van der Waals surface area contributed by atoms with E-state index in [1.807, 2.05) is 0 Å². The van der Waals surface area contributed by atoms with E-state index in [2.05, 4.69) is 11.1 Å². The Morgan fingerprint density at radius 3 is 2.62 bits per heavy atom. The Hall–Kier alpha value is -1.72. The highest BCUT2D eigenvalue weighted by Gasteiger charge is 2.14. The lowest BCUT2D eigenvalue weighted by atomic mass is 10.1. The number of benzene rings is 1. The molecule has 0 unspecified atom stereocenters. The number of aromatic nitrogens is 1. The number of sulfonamides is 1. The van der Waals surface area contributed by atoms with Crippen LogP contribution in [0.4, 0.5) is 0 Å². The van der Waals surface area contributed by atoms with Crippen molar-refractivity contribution in [3.8, 4) is 11.3 Å². The van der Waals surface area contributed by atoms with Gasteiger partial charge in [-0.1, -0.05) is 24.3 Å². The van der Waals surface area contributed by atoms with Gasteiger partial charge in [0.25, 0.3) is 0 Å². The van der Waals surface area contributed by atoms with Gasteiger partial charge >= 0.3 is 0 Å². The molecule has 1 aromatic carbocycles. The second kappa shape index (κ2) is 4.03. The monoisotopic (exact) mass is 233 g/mol. The molecule has 81 valence electrons. The van der Waals surface area contributed by atoms with Gasteiger partial charge in [-0.05, 0) is 12.1 Å². The molecule has 0 saturated heterocycles. The summed E-state index contributed by atoms with van der Waals surface area (Å²) in [6.45, 7) is 0. The van der Waals surface area contributed by atoms with E-state index in [1.54, 1.807) is 36.5 Å². The van der Waals surface area contributed by atoms with Gasteiger partial charge in [-0.2, -0.15) is 0 Å². The van der Waals surface area contributed by atoms with Crippen LogP contribution in [0.5, 0.6) is 0 Å². The van der Waals surface area contributed by atoms with Crippen LogP contribution in [0.15, 0.2) is 47.5 Å². The van der Waals surface area contributed by atoms with E-state index < -0.39 is 10.0 Å². The molecule has 0 bridgehead atoms. The molecular weight excluding hydrogens is 224 g/mol. The molecule has 1 radical (unpaired) electrons. The van der Waals surface area contributed by atoms with Crippen molar-refractivity contribution in [2.45, 2.75) is 4.90 Å². The molecule has 16 heavy (non-hydrogen) atoms. The summed E-state index contributed by atoms with van der Waals surface area (Å²) >= 11 is 0. The summed E-state index contributed by atoms with van der Waals surface area (Å²) in [4.78, 5) is 4.05. The maximum absolute atomic E-state index is 11.3. The van der Waals surface area contributed by atoms with Gasteiger partial charge in [0.05, 0.1) is 10.6 Å². The lowest BCUT2D eigenvalue weighted by molar-refractivity contribution is 0.598. The topological polar surface area (TPSA) is 73.1 Å². The van der Waals surface area contributed by atoms with E-state index >= 15 is 0 Å². The Morgan fingerprint density at radius 2 is 2.00 bits per heavy atom. The normalized spacial score (nSPS) is 11.3. The van der Waals surface area contributed by atoms with Crippen molar-refractivity contribution >= 4 is 10.0 Å². The van der Waals surface area contributed by atoms with E-state index in [-0.39, 0.29) is 4.90 Å². The van der Waals surface area contributed by atoms with Crippen LogP contribution in [0.25, 0.3) is 11.3 Å².